The number of carbonyl (C=O) groups is 2. The van der Waals surface area contributed by atoms with Gasteiger partial charge in [-0.3, -0.25) is 9.78 Å². The van der Waals surface area contributed by atoms with Crippen LogP contribution in [0.15, 0.2) is 24.5 Å². The van der Waals surface area contributed by atoms with E-state index in [9.17, 15) is 9.59 Å². The number of amides is 1. The molecule has 1 aromatic rings. The number of aromatic nitrogens is 1. The van der Waals surface area contributed by atoms with Crippen LogP contribution in [-0.4, -0.2) is 35.3 Å². The second-order valence-corrected chi connectivity index (χ2v) is 2.96. The van der Waals surface area contributed by atoms with Gasteiger partial charge in [-0.25, -0.2) is 4.79 Å². The van der Waals surface area contributed by atoms with E-state index in [0.717, 1.165) is 0 Å². The molecule has 86 valence electrons. The van der Waals surface area contributed by atoms with Crippen LogP contribution in [0.2, 0.25) is 0 Å². The van der Waals surface area contributed by atoms with Gasteiger partial charge in [0.25, 0.3) is 5.91 Å². The van der Waals surface area contributed by atoms with Crippen LogP contribution in [0.1, 0.15) is 16.8 Å². The highest BCUT2D eigenvalue weighted by Crippen LogP contribution is 1.95. The maximum atomic E-state index is 11.4. The van der Waals surface area contributed by atoms with Crippen LogP contribution in [0.3, 0.4) is 0 Å². The minimum atomic E-state index is -1.31. The minimum Gasteiger partial charge on any atom is -0.450 e. The highest BCUT2D eigenvalue weighted by atomic mass is 16.7. The summed E-state index contributed by atoms with van der Waals surface area (Å²) < 4.78 is 4.28. The van der Waals surface area contributed by atoms with Crippen molar-refractivity contribution in [1.29, 1.82) is 0 Å². The van der Waals surface area contributed by atoms with Gasteiger partial charge in [-0.15, -0.1) is 0 Å². The standard InChI is InChI=1S/C10H12N2O4/c13-9(8-2-5-11-6-3-8)12-4-1-7-16-10(14)15/h2-3,5-6H,1,4,7H2,(H,12,13)(H,14,15). The quantitative estimate of drug-likeness (QED) is 0.573. The average molecular weight is 224 g/mol. The van der Waals surface area contributed by atoms with E-state index in [0.29, 0.717) is 18.5 Å². The van der Waals surface area contributed by atoms with Gasteiger partial charge in [-0.1, -0.05) is 0 Å². The summed E-state index contributed by atoms with van der Waals surface area (Å²) in [5, 5.41) is 10.8. The van der Waals surface area contributed by atoms with Crippen molar-refractivity contribution >= 4 is 12.1 Å². The highest BCUT2D eigenvalue weighted by molar-refractivity contribution is 5.93. The second-order valence-electron chi connectivity index (χ2n) is 2.96. The molecule has 1 rings (SSSR count). The summed E-state index contributed by atoms with van der Waals surface area (Å²) in [6.45, 7) is 0.445. The van der Waals surface area contributed by atoms with Crippen molar-refractivity contribution < 1.29 is 19.4 Å². The Morgan fingerprint density at radius 2 is 2.06 bits per heavy atom. The Bertz CT molecular complexity index is 353. The normalized spacial score (nSPS) is 9.50. The molecule has 0 atom stereocenters. The molecule has 6 heteroatoms. The number of carboxylic acid groups (broad SMARTS) is 1. The van der Waals surface area contributed by atoms with Gasteiger partial charge in [-0.2, -0.15) is 0 Å². The Hall–Kier alpha value is -2.11. The molecule has 2 N–H and O–H groups in total. The minimum absolute atomic E-state index is 0.0754. The van der Waals surface area contributed by atoms with E-state index >= 15 is 0 Å². The van der Waals surface area contributed by atoms with Gasteiger partial charge in [0.15, 0.2) is 0 Å². The van der Waals surface area contributed by atoms with Crippen LogP contribution in [0.25, 0.3) is 0 Å². The molecule has 1 aromatic heterocycles. The number of pyridine rings is 1. The third kappa shape index (κ3) is 4.41. The highest BCUT2D eigenvalue weighted by Gasteiger charge is 2.03. The largest absolute Gasteiger partial charge is 0.505 e. The van der Waals surface area contributed by atoms with Crippen molar-refractivity contribution in [3.05, 3.63) is 30.1 Å². The van der Waals surface area contributed by atoms with E-state index in [1.165, 1.54) is 12.4 Å². The van der Waals surface area contributed by atoms with E-state index in [2.05, 4.69) is 15.0 Å². The molecule has 1 heterocycles. The fourth-order valence-corrected chi connectivity index (χ4v) is 1.04. The van der Waals surface area contributed by atoms with Gasteiger partial charge in [0.05, 0.1) is 6.61 Å². The zero-order chi connectivity index (χ0) is 11.8. The van der Waals surface area contributed by atoms with E-state index < -0.39 is 6.16 Å². The molecule has 0 saturated carbocycles. The van der Waals surface area contributed by atoms with Crippen molar-refractivity contribution in [1.82, 2.24) is 10.3 Å². The Kier molecular flexibility index (Phi) is 4.78. The first-order valence-electron chi connectivity index (χ1n) is 4.74. The average Bonchev–Trinajstić information content (AvgIpc) is 2.29. The predicted molar refractivity (Wildman–Crippen MR) is 55.2 cm³/mol. The summed E-state index contributed by atoms with van der Waals surface area (Å²) in [5.41, 5.74) is 0.522. The van der Waals surface area contributed by atoms with Gasteiger partial charge in [0, 0.05) is 24.5 Å². The molecule has 0 aliphatic heterocycles. The Morgan fingerprint density at radius 1 is 1.38 bits per heavy atom. The lowest BCUT2D eigenvalue weighted by Gasteiger charge is -2.04. The first kappa shape index (κ1) is 12.0. The predicted octanol–water partition coefficient (Wildman–Crippen LogP) is 0.896. The molecular formula is C10H12N2O4. The van der Waals surface area contributed by atoms with Gasteiger partial charge in [0.2, 0.25) is 0 Å². The number of nitrogens with one attached hydrogen (secondary N) is 1. The molecule has 0 aliphatic carbocycles. The molecular weight excluding hydrogens is 212 g/mol. The smallest absolute Gasteiger partial charge is 0.450 e. The second kappa shape index (κ2) is 6.39. The Morgan fingerprint density at radius 3 is 2.69 bits per heavy atom. The Labute approximate surface area is 92.3 Å². The van der Waals surface area contributed by atoms with Crippen molar-refractivity contribution in [3.8, 4) is 0 Å². The van der Waals surface area contributed by atoms with Crippen molar-refractivity contribution in [2.45, 2.75) is 6.42 Å². The van der Waals surface area contributed by atoms with Crippen LogP contribution in [-0.2, 0) is 4.74 Å². The maximum absolute atomic E-state index is 11.4. The van der Waals surface area contributed by atoms with Crippen LogP contribution in [0.5, 0.6) is 0 Å². The molecule has 6 nitrogen and oxygen atoms in total. The van der Waals surface area contributed by atoms with Crippen molar-refractivity contribution in [3.63, 3.8) is 0 Å². The fourth-order valence-electron chi connectivity index (χ4n) is 1.04. The number of carbonyl (C=O) groups excluding carboxylic acids is 1. The van der Waals surface area contributed by atoms with Gasteiger partial charge in [-0.05, 0) is 18.6 Å². The third-order valence-corrected chi connectivity index (χ3v) is 1.77. The molecule has 0 aliphatic rings. The number of hydrogen-bond donors (Lipinski definition) is 2. The Balaban J connectivity index is 2.19. The molecule has 0 radical (unpaired) electrons. The van der Waals surface area contributed by atoms with Gasteiger partial charge >= 0.3 is 6.16 Å². The molecule has 0 bridgehead atoms. The topological polar surface area (TPSA) is 88.5 Å². The molecule has 0 spiro atoms. The molecule has 0 aromatic carbocycles. The first-order valence-corrected chi connectivity index (χ1v) is 4.74. The monoisotopic (exact) mass is 224 g/mol. The SMILES string of the molecule is O=C(O)OCCCNC(=O)c1ccncc1. The number of hydrogen-bond acceptors (Lipinski definition) is 4. The van der Waals surface area contributed by atoms with Crippen LogP contribution in [0.4, 0.5) is 4.79 Å². The summed E-state index contributed by atoms with van der Waals surface area (Å²) in [6.07, 6.45) is 2.20. The summed E-state index contributed by atoms with van der Waals surface area (Å²) in [4.78, 5) is 25.2. The number of rotatable bonds is 5. The van der Waals surface area contributed by atoms with Crippen molar-refractivity contribution in [2.24, 2.45) is 0 Å². The van der Waals surface area contributed by atoms with Crippen LogP contribution in [0, 0.1) is 0 Å². The van der Waals surface area contributed by atoms with Crippen molar-refractivity contribution in [2.75, 3.05) is 13.2 Å². The van der Waals surface area contributed by atoms with E-state index in [1.807, 2.05) is 0 Å². The molecule has 0 unspecified atom stereocenters. The van der Waals surface area contributed by atoms with E-state index in [-0.39, 0.29) is 12.5 Å². The van der Waals surface area contributed by atoms with E-state index in [4.69, 9.17) is 5.11 Å². The van der Waals surface area contributed by atoms with Gasteiger partial charge in [0.1, 0.15) is 0 Å². The molecule has 0 fully saturated rings. The summed E-state index contributed by atoms with van der Waals surface area (Å²) >= 11 is 0. The van der Waals surface area contributed by atoms with Gasteiger partial charge < -0.3 is 15.2 Å². The number of ether oxygens (including phenoxy) is 1. The zero-order valence-electron chi connectivity index (χ0n) is 8.55. The van der Waals surface area contributed by atoms with Crippen LogP contribution >= 0.6 is 0 Å². The maximum Gasteiger partial charge on any atom is 0.505 e. The lowest BCUT2D eigenvalue weighted by atomic mass is 10.2. The summed E-state index contributed by atoms with van der Waals surface area (Å²) in [7, 11) is 0. The fraction of sp³-hybridized carbons (Fsp3) is 0.300. The molecule has 0 saturated heterocycles. The molecule has 1 amide bonds. The lowest BCUT2D eigenvalue weighted by Crippen LogP contribution is -2.25. The first-order chi connectivity index (χ1) is 7.70. The zero-order valence-corrected chi connectivity index (χ0v) is 8.55. The third-order valence-electron chi connectivity index (χ3n) is 1.77. The summed E-state index contributed by atoms with van der Waals surface area (Å²) in [6, 6.07) is 3.20. The van der Waals surface area contributed by atoms with E-state index in [1.54, 1.807) is 12.1 Å². The van der Waals surface area contributed by atoms with Crippen LogP contribution < -0.4 is 5.32 Å². The summed E-state index contributed by atoms with van der Waals surface area (Å²) in [5.74, 6) is -0.210. The lowest BCUT2D eigenvalue weighted by molar-refractivity contribution is 0.0888. The molecule has 16 heavy (non-hydrogen) atoms. The number of nitrogens with zero attached hydrogens (tertiary/aromatic N) is 1.